The summed E-state index contributed by atoms with van der Waals surface area (Å²) >= 11 is 0. The van der Waals surface area contributed by atoms with Crippen molar-refractivity contribution in [1.82, 2.24) is 10.2 Å². The van der Waals surface area contributed by atoms with Gasteiger partial charge in [0.05, 0.1) is 12.7 Å². The fourth-order valence-electron chi connectivity index (χ4n) is 1.93. The number of aliphatic hydroxyl groups excluding tert-OH is 2. The van der Waals surface area contributed by atoms with E-state index < -0.39 is 30.4 Å². The van der Waals surface area contributed by atoms with Gasteiger partial charge in [-0.05, 0) is 0 Å². The molecule has 0 aromatic rings. The number of hydrogen-bond donors (Lipinski definition) is 3. The normalized spacial score (nSPS) is 32.4. The summed E-state index contributed by atoms with van der Waals surface area (Å²) in [7, 11) is 0. The maximum atomic E-state index is 11.6. The van der Waals surface area contributed by atoms with Crippen LogP contribution in [0.4, 0.5) is 4.79 Å². The summed E-state index contributed by atoms with van der Waals surface area (Å²) in [5.74, 6) is -0.768. The monoisotopic (exact) mass is 256 g/mol. The molecular formula is C9H12N4O5. The van der Waals surface area contributed by atoms with Gasteiger partial charge in [-0.1, -0.05) is 0 Å². The van der Waals surface area contributed by atoms with Crippen LogP contribution in [0.3, 0.4) is 0 Å². The van der Waals surface area contributed by atoms with Gasteiger partial charge in [0.25, 0.3) is 0 Å². The van der Waals surface area contributed by atoms with Crippen LogP contribution in [-0.2, 0) is 9.53 Å². The number of urea groups is 1. The first-order valence-electron chi connectivity index (χ1n) is 5.34. The van der Waals surface area contributed by atoms with E-state index in [1.165, 1.54) is 0 Å². The topological polar surface area (TPSA) is 136 Å². The van der Waals surface area contributed by atoms with E-state index in [1.54, 1.807) is 0 Å². The number of hydrogen-bond acceptors (Lipinski definition) is 5. The maximum absolute atomic E-state index is 11.6. The van der Waals surface area contributed by atoms with Gasteiger partial charge >= 0.3 is 17.6 Å². The Morgan fingerprint density at radius 2 is 2.28 bits per heavy atom. The highest BCUT2D eigenvalue weighted by atomic mass is 16.5. The van der Waals surface area contributed by atoms with E-state index in [-0.39, 0.29) is 25.3 Å². The fraction of sp³-hybridized carbons (Fsp3) is 0.667. The van der Waals surface area contributed by atoms with E-state index in [4.69, 9.17) is 15.4 Å². The van der Waals surface area contributed by atoms with Gasteiger partial charge in [-0.3, -0.25) is 15.0 Å². The minimum atomic E-state index is -0.889. The van der Waals surface area contributed by atoms with Crippen LogP contribution in [0.5, 0.6) is 0 Å². The van der Waals surface area contributed by atoms with Crippen molar-refractivity contribution in [3.05, 3.63) is 5.53 Å². The van der Waals surface area contributed by atoms with Gasteiger partial charge in [-0.25, -0.2) is 4.79 Å². The third-order valence-corrected chi connectivity index (χ3v) is 2.92. The van der Waals surface area contributed by atoms with Gasteiger partial charge in [-0.2, -0.15) is 4.79 Å². The molecule has 3 amide bonds. The van der Waals surface area contributed by atoms with E-state index in [0.29, 0.717) is 0 Å². The van der Waals surface area contributed by atoms with Crippen LogP contribution >= 0.6 is 0 Å². The zero-order chi connectivity index (χ0) is 13.3. The molecule has 98 valence electrons. The standard InChI is InChI=1S/C9H12N4O5/c10-12-4-2-13(9(17)11-8(4)16)7-1-5(15)6(3-14)18-7/h5-7,14-15H,1-3H2,(H,11,16,17)/t5-,6+,7+/m0/s1. The van der Waals surface area contributed by atoms with Crippen molar-refractivity contribution >= 4 is 17.6 Å². The molecule has 0 aromatic carbocycles. The van der Waals surface area contributed by atoms with Crippen molar-refractivity contribution in [2.45, 2.75) is 24.9 Å². The zero-order valence-electron chi connectivity index (χ0n) is 9.31. The number of amides is 3. The summed E-state index contributed by atoms with van der Waals surface area (Å²) in [4.78, 5) is 26.7. The molecule has 2 aliphatic rings. The number of carbonyl (C=O) groups is 2. The smallest absolute Gasteiger partial charge is 0.375 e. The Morgan fingerprint density at radius 1 is 1.56 bits per heavy atom. The number of aliphatic hydroxyl groups is 2. The largest absolute Gasteiger partial charge is 0.394 e. The van der Waals surface area contributed by atoms with Gasteiger partial charge in [0.1, 0.15) is 18.9 Å². The van der Waals surface area contributed by atoms with E-state index in [9.17, 15) is 14.7 Å². The van der Waals surface area contributed by atoms with E-state index in [2.05, 4.69) is 4.79 Å². The second-order valence-corrected chi connectivity index (χ2v) is 4.05. The van der Waals surface area contributed by atoms with Gasteiger partial charge in [0, 0.05) is 6.42 Å². The van der Waals surface area contributed by atoms with Crippen molar-refractivity contribution in [3.8, 4) is 0 Å². The van der Waals surface area contributed by atoms with Crippen molar-refractivity contribution < 1.29 is 29.3 Å². The molecular weight excluding hydrogens is 244 g/mol. The molecule has 0 saturated carbocycles. The Labute approximate surface area is 102 Å². The predicted octanol–water partition coefficient (Wildman–Crippen LogP) is -2.32. The quantitative estimate of drug-likeness (QED) is 0.376. The molecule has 9 nitrogen and oxygen atoms in total. The lowest BCUT2D eigenvalue weighted by Gasteiger charge is -2.29. The fourth-order valence-corrected chi connectivity index (χ4v) is 1.93. The number of rotatable bonds is 2. The van der Waals surface area contributed by atoms with Gasteiger partial charge in [-0.15, -0.1) is 0 Å². The minimum absolute atomic E-state index is 0.117. The molecule has 0 aliphatic carbocycles. The number of imide groups is 1. The van der Waals surface area contributed by atoms with Crippen LogP contribution in [0, 0.1) is 0 Å². The maximum Gasteiger partial charge on any atom is 0.375 e. The van der Waals surface area contributed by atoms with Gasteiger partial charge in [0.15, 0.2) is 0 Å². The van der Waals surface area contributed by atoms with Crippen molar-refractivity contribution in [3.63, 3.8) is 0 Å². The average molecular weight is 256 g/mol. The molecule has 9 heteroatoms. The van der Waals surface area contributed by atoms with Crippen LogP contribution in [0.15, 0.2) is 0 Å². The molecule has 2 rings (SSSR count). The lowest BCUT2D eigenvalue weighted by atomic mass is 10.1. The summed E-state index contributed by atoms with van der Waals surface area (Å²) < 4.78 is 5.28. The highest BCUT2D eigenvalue weighted by Crippen LogP contribution is 2.23. The Balaban J connectivity index is 2.12. The van der Waals surface area contributed by atoms with E-state index in [1.807, 2.05) is 5.32 Å². The van der Waals surface area contributed by atoms with E-state index >= 15 is 0 Å². The molecule has 0 bridgehead atoms. The molecule has 0 aromatic heterocycles. The summed E-state index contributed by atoms with van der Waals surface area (Å²) in [6.07, 6.45) is -2.32. The van der Waals surface area contributed by atoms with Crippen LogP contribution in [0.25, 0.3) is 5.53 Å². The molecule has 0 radical (unpaired) electrons. The first-order chi connectivity index (χ1) is 8.56. The molecule has 3 atom stereocenters. The van der Waals surface area contributed by atoms with Gasteiger partial charge < -0.3 is 20.5 Å². The number of carbonyl (C=O) groups excluding carboxylic acids is 2. The summed E-state index contributed by atoms with van der Waals surface area (Å²) in [5.41, 5.74) is 8.40. The molecule has 2 heterocycles. The van der Waals surface area contributed by atoms with Crippen molar-refractivity contribution in [1.29, 1.82) is 0 Å². The molecule has 3 N–H and O–H groups in total. The second-order valence-electron chi connectivity index (χ2n) is 4.05. The summed E-state index contributed by atoms with van der Waals surface area (Å²) in [6, 6.07) is -0.691. The minimum Gasteiger partial charge on any atom is -0.394 e. The SMILES string of the molecule is [N-]=[N+]=C1CN([C@H]2C[C@H](O)[C@@H](CO)O2)C(=O)NC1=O. The average Bonchev–Trinajstić information content (AvgIpc) is 2.70. The Kier molecular flexibility index (Phi) is 3.39. The Bertz CT molecular complexity index is 433. The first-order valence-corrected chi connectivity index (χ1v) is 5.34. The number of nitrogens with one attached hydrogen (secondary N) is 1. The zero-order valence-corrected chi connectivity index (χ0v) is 9.31. The van der Waals surface area contributed by atoms with Crippen molar-refractivity contribution in [2.24, 2.45) is 0 Å². The van der Waals surface area contributed by atoms with E-state index in [0.717, 1.165) is 4.90 Å². The number of nitrogens with zero attached hydrogens (tertiary/aromatic N) is 3. The lowest BCUT2D eigenvalue weighted by Crippen LogP contribution is -2.58. The lowest BCUT2D eigenvalue weighted by molar-refractivity contribution is -0.121. The molecule has 2 saturated heterocycles. The molecule has 2 fully saturated rings. The summed E-state index contributed by atoms with van der Waals surface area (Å²) in [6.45, 7) is -0.580. The molecule has 18 heavy (non-hydrogen) atoms. The van der Waals surface area contributed by atoms with Crippen LogP contribution in [0.2, 0.25) is 0 Å². The highest BCUT2D eigenvalue weighted by Gasteiger charge is 2.44. The van der Waals surface area contributed by atoms with Crippen LogP contribution in [0.1, 0.15) is 6.42 Å². The third kappa shape index (κ3) is 2.12. The molecule has 2 aliphatic heterocycles. The molecule has 0 unspecified atom stereocenters. The molecule has 0 spiro atoms. The van der Waals surface area contributed by atoms with Gasteiger partial charge in [0.2, 0.25) is 0 Å². The Hall–Kier alpha value is -1.80. The number of ether oxygens (including phenoxy) is 1. The van der Waals surface area contributed by atoms with Crippen LogP contribution in [-0.4, -0.2) is 69.1 Å². The third-order valence-electron chi connectivity index (χ3n) is 2.92. The Morgan fingerprint density at radius 3 is 2.83 bits per heavy atom. The van der Waals surface area contributed by atoms with Crippen LogP contribution < -0.4 is 5.32 Å². The first kappa shape index (κ1) is 12.7. The second kappa shape index (κ2) is 4.83. The summed E-state index contributed by atoms with van der Waals surface area (Å²) in [5, 5.41) is 20.5. The predicted molar refractivity (Wildman–Crippen MR) is 55.2 cm³/mol. The highest BCUT2D eigenvalue weighted by molar-refractivity contribution is 6.41. The van der Waals surface area contributed by atoms with Crippen molar-refractivity contribution in [2.75, 3.05) is 13.2 Å².